The Balaban J connectivity index is 2.28. The smallest absolute Gasteiger partial charge is 0.257 e. The summed E-state index contributed by atoms with van der Waals surface area (Å²) in [5, 5.41) is 7.89. The first-order valence-corrected chi connectivity index (χ1v) is 6.10. The summed E-state index contributed by atoms with van der Waals surface area (Å²) in [5.74, 6) is 1.16. The van der Waals surface area contributed by atoms with Crippen LogP contribution in [-0.2, 0) is 6.42 Å². The molecule has 0 saturated heterocycles. The van der Waals surface area contributed by atoms with Gasteiger partial charge < -0.3 is 10.2 Å². The van der Waals surface area contributed by atoms with Crippen LogP contribution >= 0.6 is 27.3 Å². The minimum absolute atomic E-state index is 0.523. The summed E-state index contributed by atoms with van der Waals surface area (Å²) < 4.78 is 6.56. The molecule has 0 aliphatic rings. The van der Waals surface area contributed by atoms with Crippen molar-refractivity contribution in [2.45, 2.75) is 13.3 Å². The predicted molar refractivity (Wildman–Crippen MR) is 62.8 cm³/mol. The Hall–Kier alpha value is -0.720. The van der Waals surface area contributed by atoms with Crippen LogP contribution in [0.1, 0.15) is 11.5 Å². The van der Waals surface area contributed by atoms with Crippen LogP contribution in [0, 0.1) is 6.92 Å². The number of aromatic nitrogens is 2. The predicted octanol–water partition coefficient (Wildman–Crippen LogP) is 2.37. The van der Waals surface area contributed by atoms with E-state index in [2.05, 4.69) is 26.1 Å². The molecule has 0 amide bonds. The van der Waals surface area contributed by atoms with E-state index in [4.69, 9.17) is 10.2 Å². The van der Waals surface area contributed by atoms with Gasteiger partial charge in [0.1, 0.15) is 0 Å². The molecular formula is C9H10BrN3OS. The van der Waals surface area contributed by atoms with Crippen molar-refractivity contribution in [3.63, 3.8) is 0 Å². The zero-order chi connectivity index (χ0) is 10.8. The molecule has 80 valence electrons. The van der Waals surface area contributed by atoms with Crippen molar-refractivity contribution in [3.8, 4) is 10.8 Å². The SMILES string of the molecule is Cc1cc(-c2nnc(CCN)o2)sc1Br. The first-order valence-electron chi connectivity index (χ1n) is 4.49. The van der Waals surface area contributed by atoms with Crippen LogP contribution < -0.4 is 5.73 Å². The van der Waals surface area contributed by atoms with Crippen molar-refractivity contribution < 1.29 is 4.42 Å². The average Bonchev–Trinajstić information content (AvgIpc) is 2.76. The molecule has 0 aliphatic heterocycles. The molecule has 2 N–H and O–H groups in total. The fourth-order valence-electron chi connectivity index (χ4n) is 1.14. The lowest BCUT2D eigenvalue weighted by Crippen LogP contribution is -2.02. The van der Waals surface area contributed by atoms with Crippen LogP contribution in [0.2, 0.25) is 0 Å². The van der Waals surface area contributed by atoms with E-state index >= 15 is 0 Å². The number of nitrogens with two attached hydrogens (primary N) is 1. The molecule has 0 fully saturated rings. The van der Waals surface area contributed by atoms with Crippen LogP contribution in [0.15, 0.2) is 14.3 Å². The Morgan fingerprint density at radius 1 is 1.53 bits per heavy atom. The van der Waals surface area contributed by atoms with Crippen molar-refractivity contribution in [2.75, 3.05) is 6.54 Å². The van der Waals surface area contributed by atoms with Crippen molar-refractivity contribution in [2.24, 2.45) is 5.73 Å². The van der Waals surface area contributed by atoms with Gasteiger partial charge >= 0.3 is 0 Å². The number of rotatable bonds is 3. The van der Waals surface area contributed by atoms with Gasteiger partial charge in [0.05, 0.1) is 8.66 Å². The molecule has 15 heavy (non-hydrogen) atoms. The topological polar surface area (TPSA) is 64.9 Å². The third-order valence-electron chi connectivity index (χ3n) is 1.89. The minimum Gasteiger partial charge on any atom is -0.420 e. The van der Waals surface area contributed by atoms with Crippen molar-refractivity contribution in [3.05, 3.63) is 21.3 Å². The maximum atomic E-state index is 5.47. The normalized spacial score (nSPS) is 10.9. The van der Waals surface area contributed by atoms with E-state index in [1.54, 1.807) is 11.3 Å². The highest BCUT2D eigenvalue weighted by Crippen LogP contribution is 2.33. The summed E-state index contributed by atoms with van der Waals surface area (Å²) >= 11 is 5.05. The lowest BCUT2D eigenvalue weighted by atomic mass is 10.3. The average molecular weight is 288 g/mol. The Bertz CT molecular complexity index is 446. The number of hydrogen-bond acceptors (Lipinski definition) is 5. The van der Waals surface area contributed by atoms with E-state index in [1.165, 1.54) is 5.56 Å². The number of aryl methyl sites for hydroxylation is 1. The Labute approximate surface area is 99.6 Å². The van der Waals surface area contributed by atoms with E-state index in [1.807, 2.05) is 13.0 Å². The quantitative estimate of drug-likeness (QED) is 0.941. The van der Waals surface area contributed by atoms with Crippen molar-refractivity contribution >= 4 is 27.3 Å². The molecule has 6 heteroatoms. The summed E-state index contributed by atoms with van der Waals surface area (Å²) in [6, 6.07) is 2.02. The van der Waals surface area contributed by atoms with Crippen LogP contribution in [0.25, 0.3) is 10.8 Å². The van der Waals surface area contributed by atoms with Crippen molar-refractivity contribution in [1.82, 2.24) is 10.2 Å². The zero-order valence-corrected chi connectivity index (χ0v) is 10.6. The fourth-order valence-corrected chi connectivity index (χ4v) is 2.60. The van der Waals surface area contributed by atoms with Gasteiger partial charge in [0, 0.05) is 13.0 Å². The second-order valence-corrected chi connectivity index (χ2v) is 5.48. The summed E-state index contributed by atoms with van der Waals surface area (Å²) in [6.45, 7) is 2.55. The Morgan fingerprint density at radius 3 is 2.93 bits per heavy atom. The molecule has 0 aliphatic carbocycles. The molecule has 2 aromatic rings. The van der Waals surface area contributed by atoms with Crippen LogP contribution in [0.3, 0.4) is 0 Å². The van der Waals surface area contributed by atoms with E-state index in [-0.39, 0.29) is 0 Å². The molecular weight excluding hydrogens is 278 g/mol. The van der Waals surface area contributed by atoms with Gasteiger partial charge in [0.2, 0.25) is 5.89 Å². The summed E-state index contributed by atoms with van der Waals surface area (Å²) in [6.07, 6.45) is 0.624. The molecule has 0 bridgehead atoms. The highest BCUT2D eigenvalue weighted by atomic mass is 79.9. The molecule has 0 unspecified atom stereocenters. The van der Waals surface area contributed by atoms with Crippen molar-refractivity contribution in [1.29, 1.82) is 0 Å². The standard InChI is InChI=1S/C9H10BrN3OS/c1-5-4-6(15-8(5)10)9-13-12-7(14-9)2-3-11/h4H,2-3,11H2,1H3. The Kier molecular flexibility index (Phi) is 3.18. The van der Waals surface area contributed by atoms with E-state index in [9.17, 15) is 0 Å². The van der Waals surface area contributed by atoms with Gasteiger partial charge in [-0.1, -0.05) is 0 Å². The molecule has 0 aromatic carbocycles. The summed E-state index contributed by atoms with van der Waals surface area (Å²) in [7, 11) is 0. The van der Waals surface area contributed by atoms with Gasteiger partial charge in [0.25, 0.3) is 5.89 Å². The molecule has 4 nitrogen and oxygen atoms in total. The van der Waals surface area contributed by atoms with E-state index < -0.39 is 0 Å². The molecule has 0 saturated carbocycles. The number of thiophene rings is 1. The number of halogens is 1. The number of hydrogen-bond donors (Lipinski definition) is 1. The molecule has 0 atom stereocenters. The first-order chi connectivity index (χ1) is 7.20. The van der Waals surface area contributed by atoms with Gasteiger partial charge in [-0.25, -0.2) is 0 Å². The van der Waals surface area contributed by atoms with Gasteiger partial charge in [-0.3, -0.25) is 0 Å². The monoisotopic (exact) mass is 287 g/mol. The lowest BCUT2D eigenvalue weighted by molar-refractivity contribution is 0.508. The highest BCUT2D eigenvalue weighted by Gasteiger charge is 2.11. The first kappa shape index (κ1) is 10.8. The van der Waals surface area contributed by atoms with E-state index in [0.717, 1.165) is 8.66 Å². The van der Waals surface area contributed by atoms with Gasteiger partial charge in [-0.2, -0.15) is 0 Å². The third kappa shape index (κ3) is 2.27. The third-order valence-corrected chi connectivity index (χ3v) is 4.02. The highest BCUT2D eigenvalue weighted by molar-refractivity contribution is 9.11. The van der Waals surface area contributed by atoms with Gasteiger partial charge in [0.15, 0.2) is 0 Å². The van der Waals surface area contributed by atoms with Gasteiger partial charge in [-0.05, 0) is 34.5 Å². The maximum Gasteiger partial charge on any atom is 0.257 e. The summed E-state index contributed by atoms with van der Waals surface area (Å²) in [4.78, 5) is 0.982. The summed E-state index contributed by atoms with van der Waals surface area (Å²) in [5.41, 5.74) is 6.58. The minimum atomic E-state index is 0.523. The fraction of sp³-hybridized carbons (Fsp3) is 0.333. The second kappa shape index (κ2) is 4.42. The largest absolute Gasteiger partial charge is 0.420 e. The Morgan fingerprint density at radius 2 is 2.33 bits per heavy atom. The van der Waals surface area contributed by atoms with Crippen LogP contribution in [0.5, 0.6) is 0 Å². The molecule has 2 heterocycles. The maximum absolute atomic E-state index is 5.47. The second-order valence-electron chi connectivity index (χ2n) is 3.11. The molecule has 2 rings (SSSR count). The number of nitrogens with zero attached hydrogens (tertiary/aromatic N) is 2. The van der Waals surface area contributed by atoms with Gasteiger partial charge in [-0.15, -0.1) is 21.5 Å². The molecule has 0 radical (unpaired) electrons. The van der Waals surface area contributed by atoms with E-state index in [0.29, 0.717) is 24.7 Å². The molecule has 0 spiro atoms. The molecule has 2 aromatic heterocycles. The zero-order valence-electron chi connectivity index (χ0n) is 8.16. The lowest BCUT2D eigenvalue weighted by Gasteiger charge is -1.87. The van der Waals surface area contributed by atoms with Crippen LogP contribution in [-0.4, -0.2) is 16.7 Å². The van der Waals surface area contributed by atoms with Crippen LogP contribution in [0.4, 0.5) is 0 Å².